The molecule has 1 aliphatic heterocycles. The molecule has 0 fully saturated rings. The van der Waals surface area contributed by atoms with Gasteiger partial charge in [0.05, 0.1) is 6.04 Å². The van der Waals surface area contributed by atoms with Crippen molar-refractivity contribution in [3.05, 3.63) is 102 Å². The molecule has 1 N–H and O–H groups in total. The van der Waals surface area contributed by atoms with Crippen LogP contribution in [0.1, 0.15) is 29.5 Å². The molecule has 0 spiro atoms. The second kappa shape index (κ2) is 6.14. The molecule has 0 saturated carbocycles. The number of hydrogen-bond donors (Lipinski definition) is 1. The molecule has 2 heteroatoms. The van der Waals surface area contributed by atoms with Crippen LogP contribution < -0.4 is 5.32 Å². The Hall–Kier alpha value is -2.87. The molecule has 2 aliphatic rings. The summed E-state index contributed by atoms with van der Waals surface area (Å²) in [4.78, 5) is 0. The van der Waals surface area contributed by atoms with Crippen molar-refractivity contribution in [2.24, 2.45) is 5.92 Å². The van der Waals surface area contributed by atoms with E-state index in [1.165, 1.54) is 22.4 Å². The molecule has 1 aliphatic carbocycles. The van der Waals surface area contributed by atoms with E-state index in [0.717, 1.165) is 12.0 Å². The number of anilines is 1. The zero-order chi connectivity index (χ0) is 17.5. The number of nitrogens with one attached hydrogen (secondary N) is 1. The van der Waals surface area contributed by atoms with E-state index in [-0.39, 0.29) is 11.9 Å². The smallest absolute Gasteiger partial charge is 0.123 e. The lowest BCUT2D eigenvalue weighted by Crippen LogP contribution is -2.29. The van der Waals surface area contributed by atoms with E-state index < -0.39 is 0 Å². The van der Waals surface area contributed by atoms with Gasteiger partial charge in [-0.3, -0.25) is 0 Å². The number of fused-ring (bicyclic) bond motifs is 3. The lowest BCUT2D eigenvalue weighted by Gasteiger charge is -2.38. The fourth-order valence-electron chi connectivity index (χ4n) is 4.48. The van der Waals surface area contributed by atoms with Crippen LogP contribution in [0.2, 0.25) is 0 Å². The molecule has 0 bridgehead atoms. The third-order valence-electron chi connectivity index (χ3n) is 5.71. The summed E-state index contributed by atoms with van der Waals surface area (Å²) in [6.07, 6.45) is 5.68. The van der Waals surface area contributed by atoms with Crippen LogP contribution in [0, 0.1) is 11.7 Å². The molecule has 1 heterocycles. The van der Waals surface area contributed by atoms with Crippen molar-refractivity contribution < 1.29 is 4.39 Å². The summed E-state index contributed by atoms with van der Waals surface area (Å²) in [6.45, 7) is 0. The predicted molar refractivity (Wildman–Crippen MR) is 105 cm³/mol. The predicted octanol–water partition coefficient (Wildman–Crippen LogP) is 6.32. The molecule has 0 amide bonds. The van der Waals surface area contributed by atoms with Gasteiger partial charge in [0.25, 0.3) is 0 Å². The van der Waals surface area contributed by atoms with Crippen molar-refractivity contribution in [2.45, 2.75) is 18.4 Å². The maximum Gasteiger partial charge on any atom is 0.123 e. The van der Waals surface area contributed by atoms with Gasteiger partial charge in [0, 0.05) is 17.2 Å². The zero-order valence-electron chi connectivity index (χ0n) is 14.4. The maximum atomic E-state index is 13.4. The first-order chi connectivity index (χ1) is 12.8. The molecule has 128 valence electrons. The van der Waals surface area contributed by atoms with Crippen LogP contribution in [0.25, 0.3) is 11.1 Å². The summed E-state index contributed by atoms with van der Waals surface area (Å²) < 4.78 is 13.4. The van der Waals surface area contributed by atoms with Gasteiger partial charge in [-0.2, -0.15) is 0 Å². The molecule has 0 radical (unpaired) electrons. The van der Waals surface area contributed by atoms with Gasteiger partial charge in [-0.15, -0.1) is 0 Å². The van der Waals surface area contributed by atoms with Crippen LogP contribution in [-0.4, -0.2) is 0 Å². The van der Waals surface area contributed by atoms with Crippen LogP contribution in [0.5, 0.6) is 0 Å². The van der Waals surface area contributed by atoms with Crippen molar-refractivity contribution >= 4 is 5.69 Å². The molecule has 26 heavy (non-hydrogen) atoms. The quantitative estimate of drug-likeness (QED) is 0.538. The molecular weight excluding hydrogens is 321 g/mol. The number of hydrogen-bond acceptors (Lipinski definition) is 1. The van der Waals surface area contributed by atoms with E-state index in [2.05, 4.69) is 59.9 Å². The first kappa shape index (κ1) is 15.4. The Kier molecular flexibility index (Phi) is 3.63. The molecule has 0 unspecified atom stereocenters. The Balaban J connectivity index is 1.65. The van der Waals surface area contributed by atoms with Crippen LogP contribution in [-0.2, 0) is 0 Å². The minimum absolute atomic E-state index is 0.184. The topological polar surface area (TPSA) is 12.0 Å². The van der Waals surface area contributed by atoms with E-state index in [1.54, 1.807) is 12.1 Å². The molecule has 5 rings (SSSR count). The average molecular weight is 341 g/mol. The average Bonchev–Trinajstić information content (AvgIpc) is 3.18. The third-order valence-corrected chi connectivity index (χ3v) is 5.71. The molecule has 1 nitrogen and oxygen atoms in total. The molecule has 0 saturated heterocycles. The molecule has 3 aromatic carbocycles. The third kappa shape index (κ3) is 2.45. The summed E-state index contributed by atoms with van der Waals surface area (Å²) in [5.41, 5.74) is 6.17. The van der Waals surface area contributed by atoms with E-state index in [0.29, 0.717) is 11.8 Å². The standard InChI is InChI=1S/C24H20FN/c25-18-14-12-17(13-15-18)23-21-10-5-9-20(21)22-11-4-8-19(24(22)26-23)16-6-2-1-3-7-16/h1-9,11-15,20-21,23,26H,10H2/t20-,21+,23+/m1/s1. The number of rotatable bonds is 2. The summed E-state index contributed by atoms with van der Waals surface area (Å²) >= 11 is 0. The Morgan fingerprint density at radius 1 is 0.846 bits per heavy atom. The maximum absolute atomic E-state index is 13.4. The van der Waals surface area contributed by atoms with Gasteiger partial charge in [0.2, 0.25) is 0 Å². The number of para-hydroxylation sites is 1. The van der Waals surface area contributed by atoms with Crippen molar-refractivity contribution in [3.8, 4) is 11.1 Å². The van der Waals surface area contributed by atoms with Crippen LogP contribution in [0.3, 0.4) is 0 Å². The fraction of sp³-hybridized carbons (Fsp3) is 0.167. The van der Waals surface area contributed by atoms with Crippen molar-refractivity contribution in [1.82, 2.24) is 0 Å². The Morgan fingerprint density at radius 3 is 2.46 bits per heavy atom. The Bertz CT molecular complexity index is 959. The lowest BCUT2D eigenvalue weighted by atomic mass is 9.76. The minimum atomic E-state index is -0.184. The van der Waals surface area contributed by atoms with E-state index >= 15 is 0 Å². The van der Waals surface area contributed by atoms with Gasteiger partial charge >= 0.3 is 0 Å². The second-order valence-corrected chi connectivity index (χ2v) is 7.16. The zero-order valence-corrected chi connectivity index (χ0v) is 14.4. The van der Waals surface area contributed by atoms with Crippen molar-refractivity contribution in [2.75, 3.05) is 5.32 Å². The van der Waals surface area contributed by atoms with Gasteiger partial charge in [0.15, 0.2) is 0 Å². The SMILES string of the molecule is Fc1ccc([C@@H]2Nc3c(-c4ccccc4)cccc3[C@@H]3C=CC[C@@H]32)cc1. The van der Waals surface area contributed by atoms with Gasteiger partial charge < -0.3 is 5.32 Å². The summed E-state index contributed by atoms with van der Waals surface area (Å²) in [7, 11) is 0. The lowest BCUT2D eigenvalue weighted by molar-refractivity contribution is 0.425. The summed E-state index contributed by atoms with van der Waals surface area (Å²) in [5.74, 6) is 0.694. The van der Waals surface area contributed by atoms with Crippen molar-refractivity contribution in [3.63, 3.8) is 0 Å². The summed E-state index contributed by atoms with van der Waals surface area (Å²) in [6, 6.07) is 24.2. The number of halogens is 1. The fourth-order valence-corrected chi connectivity index (χ4v) is 4.48. The second-order valence-electron chi connectivity index (χ2n) is 7.16. The van der Waals surface area contributed by atoms with Crippen LogP contribution >= 0.6 is 0 Å². The minimum Gasteiger partial charge on any atom is -0.377 e. The van der Waals surface area contributed by atoms with E-state index in [9.17, 15) is 4.39 Å². The van der Waals surface area contributed by atoms with Gasteiger partial charge in [-0.05, 0) is 41.2 Å². The molecule has 3 atom stereocenters. The van der Waals surface area contributed by atoms with E-state index in [1.807, 2.05) is 18.2 Å². The van der Waals surface area contributed by atoms with Crippen LogP contribution in [0.4, 0.5) is 10.1 Å². The highest BCUT2D eigenvalue weighted by Crippen LogP contribution is 2.52. The normalized spacial score (nSPS) is 23.2. The van der Waals surface area contributed by atoms with Crippen LogP contribution in [0.15, 0.2) is 84.9 Å². The molecular formula is C24H20FN. The Labute approximate surface area is 153 Å². The largest absolute Gasteiger partial charge is 0.377 e. The molecule has 3 aromatic rings. The van der Waals surface area contributed by atoms with E-state index in [4.69, 9.17) is 0 Å². The Morgan fingerprint density at radius 2 is 1.65 bits per heavy atom. The van der Waals surface area contributed by atoms with Gasteiger partial charge in [-0.1, -0.05) is 72.8 Å². The van der Waals surface area contributed by atoms with Crippen molar-refractivity contribution in [1.29, 1.82) is 0 Å². The monoisotopic (exact) mass is 341 g/mol. The highest BCUT2D eigenvalue weighted by molar-refractivity contribution is 5.82. The number of benzene rings is 3. The highest BCUT2D eigenvalue weighted by Gasteiger charge is 2.38. The first-order valence-electron chi connectivity index (χ1n) is 9.18. The van der Waals surface area contributed by atoms with Gasteiger partial charge in [0.1, 0.15) is 5.82 Å². The van der Waals surface area contributed by atoms with Gasteiger partial charge in [-0.25, -0.2) is 4.39 Å². The summed E-state index contributed by atoms with van der Waals surface area (Å²) in [5, 5.41) is 3.81. The highest BCUT2D eigenvalue weighted by atomic mass is 19.1. The molecule has 0 aromatic heterocycles. The first-order valence-corrected chi connectivity index (χ1v) is 9.18. The number of allylic oxidation sites excluding steroid dienone is 2.